The molecule has 1 aromatic carbocycles. The number of hydrogen-bond donors (Lipinski definition) is 1. The Morgan fingerprint density at radius 3 is 2.82 bits per heavy atom. The average Bonchev–Trinajstić information content (AvgIpc) is 2.68. The van der Waals surface area contributed by atoms with E-state index in [-0.39, 0.29) is 0 Å². The average molecular weight is 251 g/mol. The van der Waals surface area contributed by atoms with Gasteiger partial charge in [0.15, 0.2) is 12.3 Å². The fourth-order valence-corrected chi connectivity index (χ4v) is 2.46. The maximum atomic E-state index is 5.57. The summed E-state index contributed by atoms with van der Waals surface area (Å²) in [6.45, 7) is 4.58. The van der Waals surface area contributed by atoms with Gasteiger partial charge >= 0.3 is 0 Å². The molecule has 0 spiro atoms. The van der Waals surface area contributed by atoms with E-state index < -0.39 is 0 Å². The van der Waals surface area contributed by atoms with Gasteiger partial charge in [-0.15, -0.1) is 0 Å². The maximum absolute atomic E-state index is 5.57. The molecule has 17 heavy (non-hydrogen) atoms. The van der Waals surface area contributed by atoms with Gasteiger partial charge < -0.3 is 14.1 Å². The summed E-state index contributed by atoms with van der Waals surface area (Å²) in [5.41, 5.74) is 1.95. The first kappa shape index (κ1) is 11.0. The van der Waals surface area contributed by atoms with Gasteiger partial charge in [0.2, 0.25) is 0 Å². The zero-order valence-corrected chi connectivity index (χ0v) is 10.3. The van der Waals surface area contributed by atoms with Crippen molar-refractivity contribution in [2.24, 2.45) is 0 Å². The monoisotopic (exact) mass is 251 g/mol. The van der Waals surface area contributed by atoms with E-state index in [2.05, 4.69) is 10.6 Å². The van der Waals surface area contributed by atoms with Crippen LogP contribution in [0.25, 0.3) is 11.1 Å². The van der Waals surface area contributed by atoms with Gasteiger partial charge in [0.05, 0.1) is 18.7 Å². The van der Waals surface area contributed by atoms with Crippen LogP contribution in [0.4, 0.5) is 0 Å². The highest BCUT2D eigenvalue weighted by Crippen LogP contribution is 2.15. The normalized spacial score (nSPS) is 17.6. The van der Waals surface area contributed by atoms with Gasteiger partial charge in [-0.2, -0.15) is 0 Å². The molecule has 0 unspecified atom stereocenters. The summed E-state index contributed by atoms with van der Waals surface area (Å²) in [7, 11) is 0. The Hall–Kier alpha value is -1.17. The molecule has 3 rings (SSSR count). The van der Waals surface area contributed by atoms with Crippen LogP contribution in [0.15, 0.2) is 28.7 Å². The minimum atomic E-state index is 0.560. The number of aromatic nitrogens is 1. The number of ether oxygens (including phenoxy) is 1. The van der Waals surface area contributed by atoms with Crippen LogP contribution in [0.2, 0.25) is 0 Å². The molecule has 90 valence electrons. The summed E-state index contributed by atoms with van der Waals surface area (Å²) in [5.74, 6) is 0. The third-order valence-corrected chi connectivity index (χ3v) is 3.46. The molecular formula is C12H15N2O2S+. The van der Waals surface area contributed by atoms with Crippen LogP contribution in [-0.4, -0.2) is 30.9 Å². The van der Waals surface area contributed by atoms with Crippen molar-refractivity contribution in [1.82, 2.24) is 4.57 Å². The van der Waals surface area contributed by atoms with Crippen molar-refractivity contribution in [1.29, 1.82) is 0 Å². The molecule has 1 N–H and O–H groups in total. The van der Waals surface area contributed by atoms with Crippen LogP contribution in [0.1, 0.15) is 0 Å². The lowest BCUT2D eigenvalue weighted by molar-refractivity contribution is -0.930. The molecule has 0 bridgehead atoms. The first-order valence-electron chi connectivity index (χ1n) is 5.84. The number of fused-ring (bicyclic) bond motifs is 1. The minimum Gasteiger partial charge on any atom is -0.429 e. The van der Waals surface area contributed by atoms with Crippen molar-refractivity contribution in [3.63, 3.8) is 0 Å². The molecular weight excluding hydrogens is 236 g/mol. The van der Waals surface area contributed by atoms with Crippen molar-refractivity contribution in [3.8, 4) is 0 Å². The van der Waals surface area contributed by atoms with Gasteiger partial charge in [0.25, 0.3) is 4.84 Å². The quantitative estimate of drug-likeness (QED) is 0.803. The Bertz CT molecular complexity index is 569. The number of rotatable bonds is 2. The highest BCUT2D eigenvalue weighted by molar-refractivity contribution is 7.71. The summed E-state index contributed by atoms with van der Waals surface area (Å²) in [5, 5.41) is 0. The standard InChI is InChI=1S/C12H14N2O2S/c17-12-14(9-13-5-7-15-8-6-13)10-3-1-2-4-11(10)16-12/h1-4H,5-9H2/p+1. The van der Waals surface area contributed by atoms with Crippen LogP contribution < -0.4 is 4.90 Å². The van der Waals surface area contributed by atoms with Crippen LogP contribution in [0, 0.1) is 4.84 Å². The Kier molecular flexibility index (Phi) is 2.96. The van der Waals surface area contributed by atoms with Crippen LogP contribution >= 0.6 is 12.2 Å². The number of hydrogen-bond acceptors (Lipinski definition) is 3. The van der Waals surface area contributed by atoms with E-state index in [4.69, 9.17) is 21.4 Å². The summed E-state index contributed by atoms with van der Waals surface area (Å²) in [4.78, 5) is 2.05. The highest BCUT2D eigenvalue weighted by atomic mass is 32.1. The first-order valence-corrected chi connectivity index (χ1v) is 6.25. The highest BCUT2D eigenvalue weighted by Gasteiger charge is 2.16. The van der Waals surface area contributed by atoms with Crippen LogP contribution in [0.3, 0.4) is 0 Å². The second kappa shape index (κ2) is 4.60. The SMILES string of the molecule is S=c1oc2ccccc2n1C[NH+]1CCOCC1. The van der Waals surface area contributed by atoms with Gasteiger partial charge in [-0.05, 0) is 24.4 Å². The van der Waals surface area contributed by atoms with E-state index in [0.29, 0.717) is 4.84 Å². The molecule has 0 atom stereocenters. The number of benzene rings is 1. The van der Waals surface area contributed by atoms with E-state index >= 15 is 0 Å². The topological polar surface area (TPSA) is 31.7 Å². The van der Waals surface area contributed by atoms with Crippen molar-refractivity contribution in [2.75, 3.05) is 26.3 Å². The lowest BCUT2D eigenvalue weighted by Crippen LogP contribution is -3.13. The number of oxazole rings is 1. The van der Waals surface area contributed by atoms with Gasteiger partial charge in [-0.3, -0.25) is 4.57 Å². The zero-order chi connectivity index (χ0) is 11.7. The van der Waals surface area contributed by atoms with Crippen molar-refractivity contribution in [2.45, 2.75) is 6.67 Å². The Balaban J connectivity index is 1.93. The molecule has 0 radical (unpaired) electrons. The largest absolute Gasteiger partial charge is 0.429 e. The Morgan fingerprint density at radius 1 is 1.24 bits per heavy atom. The lowest BCUT2D eigenvalue weighted by atomic mass is 10.3. The molecule has 0 saturated carbocycles. The fraction of sp³-hybridized carbons (Fsp3) is 0.417. The number of nitrogens with one attached hydrogen (secondary N) is 1. The second-order valence-corrected chi connectivity index (χ2v) is 4.63. The summed E-state index contributed by atoms with van der Waals surface area (Å²) in [6, 6.07) is 7.98. The molecule has 5 heteroatoms. The molecule has 0 aliphatic carbocycles. The van der Waals surface area contributed by atoms with Gasteiger partial charge in [-0.1, -0.05) is 12.1 Å². The number of nitrogens with zero attached hydrogens (tertiary/aromatic N) is 1. The molecule has 1 aromatic heterocycles. The third-order valence-electron chi connectivity index (χ3n) is 3.16. The van der Waals surface area contributed by atoms with Gasteiger partial charge in [0, 0.05) is 0 Å². The van der Waals surface area contributed by atoms with E-state index in [1.165, 1.54) is 4.90 Å². The van der Waals surface area contributed by atoms with Crippen molar-refractivity contribution < 1.29 is 14.1 Å². The first-order chi connectivity index (χ1) is 8.34. The Morgan fingerprint density at radius 2 is 2.00 bits per heavy atom. The minimum absolute atomic E-state index is 0.560. The van der Waals surface area contributed by atoms with Crippen LogP contribution in [-0.2, 0) is 11.4 Å². The second-order valence-electron chi connectivity index (χ2n) is 4.28. The molecule has 4 nitrogen and oxygen atoms in total. The van der Waals surface area contributed by atoms with Crippen LogP contribution in [0.5, 0.6) is 0 Å². The lowest BCUT2D eigenvalue weighted by Gasteiger charge is -2.23. The summed E-state index contributed by atoms with van der Waals surface area (Å²) < 4.78 is 13.0. The zero-order valence-electron chi connectivity index (χ0n) is 9.52. The van der Waals surface area contributed by atoms with Crippen molar-refractivity contribution in [3.05, 3.63) is 29.1 Å². The third kappa shape index (κ3) is 2.13. The number of quaternary nitrogens is 1. The Labute approximate surface area is 104 Å². The maximum Gasteiger partial charge on any atom is 0.274 e. The van der Waals surface area contributed by atoms with E-state index in [9.17, 15) is 0 Å². The molecule has 1 aliphatic heterocycles. The summed E-state index contributed by atoms with van der Waals surface area (Å²) >= 11 is 5.27. The van der Waals surface area contributed by atoms with E-state index in [0.717, 1.165) is 44.1 Å². The molecule has 2 heterocycles. The molecule has 1 aliphatic rings. The molecule has 0 amide bonds. The molecule has 1 saturated heterocycles. The van der Waals surface area contributed by atoms with Crippen molar-refractivity contribution >= 4 is 23.3 Å². The molecule has 1 fully saturated rings. The van der Waals surface area contributed by atoms with Gasteiger partial charge in [-0.25, -0.2) is 0 Å². The summed E-state index contributed by atoms with van der Waals surface area (Å²) in [6.07, 6.45) is 0. The predicted molar refractivity (Wildman–Crippen MR) is 66.6 cm³/mol. The number of para-hydroxylation sites is 2. The number of morpholine rings is 1. The van der Waals surface area contributed by atoms with E-state index in [1.807, 2.05) is 18.2 Å². The predicted octanol–water partition coefficient (Wildman–Crippen LogP) is 0.836. The van der Waals surface area contributed by atoms with Gasteiger partial charge in [0.1, 0.15) is 13.1 Å². The smallest absolute Gasteiger partial charge is 0.274 e. The van der Waals surface area contributed by atoms with E-state index in [1.54, 1.807) is 0 Å². The molecule has 2 aromatic rings. The fourth-order valence-electron chi connectivity index (χ4n) is 2.21.